The maximum Gasteiger partial charge on any atom is 0.410 e. The summed E-state index contributed by atoms with van der Waals surface area (Å²) in [5.74, 6) is 0. The number of fused-ring (bicyclic) bond motifs is 3. The molecule has 1 aromatic carbocycles. The van der Waals surface area contributed by atoms with E-state index < -0.39 is 5.60 Å². The smallest absolute Gasteiger partial charge is 0.410 e. The number of imidazole rings is 1. The van der Waals surface area contributed by atoms with Gasteiger partial charge in [-0.2, -0.15) is 0 Å². The first kappa shape index (κ1) is 18.1. The second kappa shape index (κ2) is 7.17. The molecule has 2 aliphatic rings. The SMILES string of the molecule is O=C(OCc1ccccc1)N1C2COCC1CC(O)(c1cnc3ccccn13)C2. The fraction of sp³-hybridized carbons (Fsp3) is 0.364. The normalized spacial score (nSPS) is 26.4. The maximum atomic E-state index is 12.8. The Kier molecular flexibility index (Phi) is 4.49. The van der Waals surface area contributed by atoms with Crippen molar-refractivity contribution in [2.45, 2.75) is 37.1 Å². The fourth-order valence-electron chi connectivity index (χ4n) is 4.55. The van der Waals surface area contributed by atoms with Gasteiger partial charge in [0.05, 0.1) is 37.2 Å². The van der Waals surface area contributed by atoms with Gasteiger partial charge in [-0.1, -0.05) is 36.4 Å². The van der Waals surface area contributed by atoms with Crippen molar-refractivity contribution in [2.75, 3.05) is 13.2 Å². The molecule has 2 aliphatic heterocycles. The Morgan fingerprint density at radius 3 is 2.62 bits per heavy atom. The van der Waals surface area contributed by atoms with Crippen molar-refractivity contribution in [3.8, 4) is 0 Å². The van der Waals surface area contributed by atoms with Crippen LogP contribution < -0.4 is 0 Å². The number of piperidine rings is 1. The van der Waals surface area contributed by atoms with Gasteiger partial charge in [0.15, 0.2) is 0 Å². The highest BCUT2D eigenvalue weighted by molar-refractivity contribution is 5.69. The van der Waals surface area contributed by atoms with E-state index in [1.807, 2.05) is 59.1 Å². The molecule has 1 amide bonds. The highest BCUT2D eigenvalue weighted by Gasteiger charge is 2.50. The molecule has 2 saturated heterocycles. The van der Waals surface area contributed by atoms with Crippen LogP contribution in [0.3, 0.4) is 0 Å². The van der Waals surface area contributed by atoms with Crippen LogP contribution >= 0.6 is 0 Å². The van der Waals surface area contributed by atoms with E-state index in [9.17, 15) is 9.90 Å². The molecule has 3 aromatic rings. The average Bonchev–Trinajstić information content (AvgIpc) is 3.17. The standard InChI is InChI=1S/C22H23N3O4/c26-21(29-13-16-6-2-1-3-7-16)25-17-10-22(27,11-18(25)15-28-14-17)19-12-23-20-8-4-5-9-24(19)20/h1-9,12,17-18,27H,10-11,13-15H2. The van der Waals surface area contributed by atoms with E-state index in [0.717, 1.165) is 16.9 Å². The summed E-state index contributed by atoms with van der Waals surface area (Å²) in [7, 11) is 0. The van der Waals surface area contributed by atoms with Crippen molar-refractivity contribution in [2.24, 2.45) is 0 Å². The molecule has 4 heterocycles. The molecule has 1 N–H and O–H groups in total. The number of aliphatic hydroxyl groups is 1. The third-order valence-corrected chi connectivity index (χ3v) is 5.86. The Morgan fingerprint density at radius 1 is 1.14 bits per heavy atom. The van der Waals surface area contributed by atoms with Crippen LogP contribution in [-0.2, 0) is 21.7 Å². The van der Waals surface area contributed by atoms with Gasteiger partial charge in [-0.3, -0.25) is 4.90 Å². The molecular weight excluding hydrogens is 370 g/mol. The highest BCUT2D eigenvalue weighted by atomic mass is 16.6. The van der Waals surface area contributed by atoms with Gasteiger partial charge in [0, 0.05) is 19.0 Å². The lowest BCUT2D eigenvalue weighted by atomic mass is 9.79. The van der Waals surface area contributed by atoms with E-state index in [4.69, 9.17) is 9.47 Å². The van der Waals surface area contributed by atoms with Gasteiger partial charge in [0.25, 0.3) is 0 Å². The second-order valence-electron chi connectivity index (χ2n) is 7.80. The Hall–Kier alpha value is -2.90. The molecule has 2 aromatic heterocycles. The van der Waals surface area contributed by atoms with Crippen LogP contribution in [0, 0.1) is 0 Å². The quantitative estimate of drug-likeness (QED) is 0.741. The lowest BCUT2D eigenvalue weighted by Gasteiger charge is -2.50. The molecule has 2 unspecified atom stereocenters. The van der Waals surface area contributed by atoms with Gasteiger partial charge in [-0.15, -0.1) is 0 Å². The summed E-state index contributed by atoms with van der Waals surface area (Å²) in [5.41, 5.74) is 1.42. The molecule has 29 heavy (non-hydrogen) atoms. The van der Waals surface area contributed by atoms with Crippen LogP contribution in [-0.4, -0.2) is 50.8 Å². The van der Waals surface area contributed by atoms with E-state index in [2.05, 4.69) is 4.98 Å². The predicted molar refractivity (Wildman–Crippen MR) is 105 cm³/mol. The molecule has 7 nitrogen and oxygen atoms in total. The minimum atomic E-state index is -1.07. The topological polar surface area (TPSA) is 76.3 Å². The molecule has 0 saturated carbocycles. The first-order chi connectivity index (χ1) is 14.1. The summed E-state index contributed by atoms with van der Waals surface area (Å²) >= 11 is 0. The number of ether oxygens (including phenoxy) is 2. The van der Waals surface area contributed by atoms with E-state index >= 15 is 0 Å². The van der Waals surface area contributed by atoms with Crippen LogP contribution in [0.15, 0.2) is 60.9 Å². The Balaban J connectivity index is 1.36. The van der Waals surface area contributed by atoms with Crippen LogP contribution in [0.25, 0.3) is 5.65 Å². The molecule has 150 valence electrons. The van der Waals surface area contributed by atoms with Crippen molar-refractivity contribution in [1.82, 2.24) is 14.3 Å². The summed E-state index contributed by atoms with van der Waals surface area (Å²) in [5, 5.41) is 11.5. The number of pyridine rings is 1. The molecule has 0 aliphatic carbocycles. The van der Waals surface area contributed by atoms with E-state index in [0.29, 0.717) is 26.1 Å². The minimum Gasteiger partial charge on any atom is -0.445 e. The monoisotopic (exact) mass is 393 g/mol. The van der Waals surface area contributed by atoms with Gasteiger partial charge in [0.2, 0.25) is 0 Å². The highest BCUT2D eigenvalue weighted by Crippen LogP contribution is 2.41. The zero-order valence-corrected chi connectivity index (χ0v) is 16.0. The maximum absolute atomic E-state index is 12.8. The molecule has 2 atom stereocenters. The molecule has 5 rings (SSSR count). The van der Waals surface area contributed by atoms with Crippen molar-refractivity contribution in [3.63, 3.8) is 0 Å². The van der Waals surface area contributed by atoms with Gasteiger partial charge < -0.3 is 19.0 Å². The van der Waals surface area contributed by atoms with Crippen LogP contribution in [0.2, 0.25) is 0 Å². The van der Waals surface area contributed by atoms with Crippen LogP contribution in [0.1, 0.15) is 24.1 Å². The summed E-state index contributed by atoms with van der Waals surface area (Å²) in [6.07, 6.45) is 4.05. The number of hydrogen-bond donors (Lipinski definition) is 1. The molecule has 0 radical (unpaired) electrons. The molecule has 0 spiro atoms. The first-order valence-electron chi connectivity index (χ1n) is 9.86. The predicted octanol–water partition coefficient (Wildman–Crippen LogP) is 2.72. The van der Waals surface area contributed by atoms with Crippen molar-refractivity contribution in [3.05, 3.63) is 72.2 Å². The largest absolute Gasteiger partial charge is 0.445 e. The summed E-state index contributed by atoms with van der Waals surface area (Å²) in [6.45, 7) is 1.000. The van der Waals surface area contributed by atoms with Crippen LogP contribution in [0.4, 0.5) is 4.79 Å². The number of rotatable bonds is 3. The Labute approximate surface area is 168 Å². The van der Waals surface area contributed by atoms with E-state index in [-0.39, 0.29) is 24.8 Å². The van der Waals surface area contributed by atoms with Gasteiger partial charge in [-0.05, 0) is 17.7 Å². The fourth-order valence-corrected chi connectivity index (χ4v) is 4.55. The number of carbonyl (C=O) groups excluding carboxylic acids is 1. The third kappa shape index (κ3) is 3.26. The average molecular weight is 393 g/mol. The molecule has 2 bridgehead atoms. The molecular formula is C22H23N3O4. The first-order valence-corrected chi connectivity index (χ1v) is 9.86. The molecule has 7 heteroatoms. The van der Waals surface area contributed by atoms with Crippen LogP contribution in [0.5, 0.6) is 0 Å². The van der Waals surface area contributed by atoms with E-state index in [1.54, 1.807) is 11.1 Å². The number of benzene rings is 1. The summed E-state index contributed by atoms with van der Waals surface area (Å²) in [6, 6.07) is 14.9. The number of morpholine rings is 1. The number of carbonyl (C=O) groups is 1. The number of aromatic nitrogens is 2. The summed E-state index contributed by atoms with van der Waals surface area (Å²) in [4.78, 5) is 19.0. The third-order valence-electron chi connectivity index (χ3n) is 5.86. The lowest BCUT2D eigenvalue weighted by Crippen LogP contribution is -2.62. The lowest BCUT2D eigenvalue weighted by molar-refractivity contribution is -0.138. The van der Waals surface area contributed by atoms with Gasteiger partial charge in [-0.25, -0.2) is 9.78 Å². The summed E-state index contributed by atoms with van der Waals surface area (Å²) < 4.78 is 13.2. The number of nitrogens with zero attached hydrogens (tertiary/aromatic N) is 3. The molecule has 2 fully saturated rings. The van der Waals surface area contributed by atoms with Gasteiger partial charge >= 0.3 is 6.09 Å². The van der Waals surface area contributed by atoms with Crippen molar-refractivity contribution < 1.29 is 19.4 Å². The zero-order valence-electron chi connectivity index (χ0n) is 16.0. The Bertz CT molecular complexity index is 1010. The zero-order chi connectivity index (χ0) is 19.8. The van der Waals surface area contributed by atoms with Crippen molar-refractivity contribution in [1.29, 1.82) is 0 Å². The Morgan fingerprint density at radius 2 is 1.86 bits per heavy atom. The number of amides is 1. The van der Waals surface area contributed by atoms with E-state index in [1.165, 1.54) is 0 Å². The number of hydrogen-bond acceptors (Lipinski definition) is 5. The van der Waals surface area contributed by atoms with Gasteiger partial charge in [0.1, 0.15) is 17.9 Å². The van der Waals surface area contributed by atoms with Crippen molar-refractivity contribution >= 4 is 11.7 Å². The minimum absolute atomic E-state index is 0.230. The second-order valence-corrected chi connectivity index (χ2v) is 7.80.